The third kappa shape index (κ3) is 6.84. The van der Waals surface area contributed by atoms with Gasteiger partial charge in [-0.1, -0.05) is 72.3 Å². The summed E-state index contributed by atoms with van der Waals surface area (Å²) in [5, 5.41) is 4.21. The Hall–Kier alpha value is -2.86. The van der Waals surface area contributed by atoms with Crippen LogP contribution in [0, 0.1) is 6.92 Å². The van der Waals surface area contributed by atoms with E-state index in [2.05, 4.69) is 105 Å². The molecule has 1 fully saturated rings. The summed E-state index contributed by atoms with van der Waals surface area (Å²) in [5.74, 6) is -0.511. The molecule has 4 aromatic carbocycles. The van der Waals surface area contributed by atoms with E-state index in [1.165, 1.54) is 28.0 Å². The van der Waals surface area contributed by atoms with Crippen molar-refractivity contribution in [1.82, 2.24) is 0 Å². The maximum atomic E-state index is 10.4. The van der Waals surface area contributed by atoms with E-state index < -0.39 is 23.2 Å². The first-order valence-corrected chi connectivity index (χ1v) is 16.3. The molecule has 4 aromatic rings. The molecule has 1 unspecified atom stereocenters. The van der Waals surface area contributed by atoms with Gasteiger partial charge in [-0.25, -0.2) is 8.42 Å². The van der Waals surface area contributed by atoms with E-state index in [-0.39, 0.29) is 4.90 Å². The largest absolute Gasteiger partial charge is 0.744 e. The van der Waals surface area contributed by atoms with Crippen molar-refractivity contribution < 1.29 is 22.4 Å². The smallest absolute Gasteiger partial charge is 0.169 e. The predicted molar refractivity (Wildman–Crippen MR) is 159 cm³/mol. The highest BCUT2D eigenvalue weighted by atomic mass is 32.2. The maximum absolute atomic E-state index is 10.4. The topological polar surface area (TPSA) is 75.7 Å². The molecule has 0 aromatic heterocycles. The lowest BCUT2D eigenvalue weighted by Crippen LogP contribution is -2.41. The van der Waals surface area contributed by atoms with Crippen LogP contribution in [-0.2, 0) is 19.6 Å². The summed E-state index contributed by atoms with van der Waals surface area (Å²) in [6.07, 6.45) is 0.861. The molecule has 1 aliphatic heterocycles. The van der Waals surface area contributed by atoms with E-state index in [0.717, 1.165) is 12.0 Å². The van der Waals surface area contributed by atoms with E-state index >= 15 is 0 Å². The molecule has 5 rings (SSSR count). The molecule has 0 aliphatic carbocycles. The van der Waals surface area contributed by atoms with Crippen LogP contribution >= 0.6 is 7.26 Å². The second-order valence-corrected chi connectivity index (χ2v) is 15.1. The molecule has 0 spiro atoms. The van der Waals surface area contributed by atoms with Crippen LogP contribution in [0.3, 0.4) is 0 Å². The molecule has 39 heavy (non-hydrogen) atoms. The number of hydrogen-bond donors (Lipinski definition) is 0. The highest BCUT2D eigenvalue weighted by molar-refractivity contribution is 7.96. The molecule has 0 amide bonds. The van der Waals surface area contributed by atoms with Gasteiger partial charge in [0.1, 0.15) is 33.3 Å². The number of benzene rings is 4. The van der Waals surface area contributed by atoms with Crippen LogP contribution in [0.15, 0.2) is 120 Å². The summed E-state index contributed by atoms with van der Waals surface area (Å²) < 4.78 is 43.2. The van der Waals surface area contributed by atoms with Crippen LogP contribution in [0.2, 0.25) is 0 Å². The molecule has 5 nitrogen and oxygen atoms in total. The van der Waals surface area contributed by atoms with Gasteiger partial charge >= 0.3 is 0 Å². The molecule has 0 bridgehead atoms. The van der Waals surface area contributed by atoms with Crippen LogP contribution in [0.1, 0.15) is 25.8 Å². The Bertz CT molecular complexity index is 1320. The standard InChI is InChI=1S/C25H28O2P.C7H8O3S/c1-21(20-25(2)26-18-19-27-25)28(22-12-6-3-7-13-22,23-14-8-4-9-15-23)24-16-10-5-11-17-24;1-6-2-4-7(5-3-6)11(8,9)10/h3-17,21H,18-20H2,1-2H3;2-5H,1H3,(H,8,9,10)/q+1;/p-1. The van der Waals surface area contributed by atoms with Gasteiger partial charge in [0.2, 0.25) is 0 Å². The lowest BCUT2D eigenvalue weighted by atomic mass is 10.2. The fourth-order valence-corrected chi connectivity index (χ4v) is 10.7. The van der Waals surface area contributed by atoms with Crippen LogP contribution < -0.4 is 15.9 Å². The van der Waals surface area contributed by atoms with Gasteiger partial charge in [0.15, 0.2) is 5.79 Å². The first-order valence-electron chi connectivity index (χ1n) is 13.0. The van der Waals surface area contributed by atoms with Gasteiger partial charge in [0, 0.05) is 6.42 Å². The monoisotopic (exact) mass is 562 g/mol. The highest BCUT2D eigenvalue weighted by Gasteiger charge is 2.52. The lowest BCUT2D eigenvalue weighted by Gasteiger charge is -2.36. The van der Waals surface area contributed by atoms with Crippen molar-refractivity contribution >= 4 is 33.3 Å². The third-order valence-electron chi connectivity index (χ3n) is 7.03. The second kappa shape index (κ2) is 12.5. The minimum absolute atomic E-state index is 0.178. The molecular formula is C32H35O5PS. The molecule has 0 radical (unpaired) electrons. The third-order valence-corrected chi connectivity index (χ3v) is 12.7. The van der Waals surface area contributed by atoms with Crippen LogP contribution in [0.4, 0.5) is 0 Å². The maximum Gasteiger partial charge on any atom is 0.169 e. The Balaban J connectivity index is 0.000000270. The Morgan fingerprint density at radius 2 is 1.13 bits per heavy atom. The summed E-state index contributed by atoms with van der Waals surface area (Å²) in [4.78, 5) is -0.178. The fraction of sp³-hybridized carbons (Fsp3) is 0.250. The Kier molecular flexibility index (Phi) is 9.37. The van der Waals surface area contributed by atoms with Crippen molar-refractivity contribution in [2.75, 3.05) is 13.2 Å². The number of ether oxygens (including phenoxy) is 2. The second-order valence-electron chi connectivity index (χ2n) is 9.88. The average Bonchev–Trinajstić information content (AvgIpc) is 3.37. The van der Waals surface area contributed by atoms with Crippen molar-refractivity contribution in [2.45, 2.75) is 43.5 Å². The van der Waals surface area contributed by atoms with Gasteiger partial charge in [-0.15, -0.1) is 0 Å². The molecule has 1 heterocycles. The van der Waals surface area contributed by atoms with Gasteiger partial charge < -0.3 is 14.0 Å². The van der Waals surface area contributed by atoms with Crippen molar-refractivity contribution in [1.29, 1.82) is 0 Å². The number of aryl methyl sites for hydroxylation is 1. The van der Waals surface area contributed by atoms with Crippen molar-refractivity contribution in [2.24, 2.45) is 0 Å². The number of rotatable bonds is 7. The minimum Gasteiger partial charge on any atom is -0.744 e. The summed E-state index contributed by atoms with van der Waals surface area (Å²) in [6.45, 7) is 7.64. The van der Waals surface area contributed by atoms with Crippen LogP contribution in [0.5, 0.6) is 0 Å². The summed E-state index contributed by atoms with van der Waals surface area (Å²) >= 11 is 0. The molecule has 0 N–H and O–H groups in total. The molecule has 1 aliphatic rings. The summed E-state index contributed by atoms with van der Waals surface area (Å²) in [7, 11) is -6.17. The highest BCUT2D eigenvalue weighted by Crippen LogP contribution is 2.61. The Morgan fingerprint density at radius 1 is 0.744 bits per heavy atom. The number of hydrogen-bond acceptors (Lipinski definition) is 5. The molecular weight excluding hydrogens is 527 g/mol. The van der Waals surface area contributed by atoms with Crippen LogP contribution in [0.25, 0.3) is 0 Å². The zero-order valence-corrected chi connectivity index (χ0v) is 24.3. The fourth-order valence-electron chi connectivity index (χ4n) is 5.25. The lowest BCUT2D eigenvalue weighted by molar-refractivity contribution is -0.145. The van der Waals surface area contributed by atoms with E-state index in [1.807, 2.05) is 6.92 Å². The Labute approximate surface area is 232 Å². The Morgan fingerprint density at radius 3 is 1.49 bits per heavy atom. The van der Waals surface area contributed by atoms with Crippen molar-refractivity contribution in [3.63, 3.8) is 0 Å². The minimum atomic E-state index is -4.27. The van der Waals surface area contributed by atoms with E-state index in [0.29, 0.717) is 18.9 Å². The van der Waals surface area contributed by atoms with Gasteiger partial charge in [-0.3, -0.25) is 0 Å². The van der Waals surface area contributed by atoms with Gasteiger partial charge in [-0.05, 0) is 69.3 Å². The van der Waals surface area contributed by atoms with E-state index in [1.54, 1.807) is 12.1 Å². The van der Waals surface area contributed by atoms with E-state index in [9.17, 15) is 13.0 Å². The van der Waals surface area contributed by atoms with Crippen molar-refractivity contribution in [3.05, 3.63) is 121 Å². The zero-order valence-electron chi connectivity index (χ0n) is 22.6. The van der Waals surface area contributed by atoms with E-state index in [4.69, 9.17) is 9.47 Å². The molecule has 1 atom stereocenters. The first-order chi connectivity index (χ1) is 18.6. The molecule has 0 saturated carbocycles. The first kappa shape index (κ1) is 29.1. The predicted octanol–water partition coefficient (Wildman–Crippen LogP) is 5.42. The molecule has 204 valence electrons. The average molecular weight is 563 g/mol. The van der Waals surface area contributed by atoms with Crippen molar-refractivity contribution in [3.8, 4) is 0 Å². The van der Waals surface area contributed by atoms with Gasteiger partial charge in [-0.2, -0.15) is 0 Å². The van der Waals surface area contributed by atoms with Crippen LogP contribution in [-0.4, -0.2) is 37.6 Å². The normalized spacial score (nSPS) is 15.7. The van der Waals surface area contributed by atoms with Gasteiger partial charge in [0.25, 0.3) is 0 Å². The quantitative estimate of drug-likeness (QED) is 0.222. The summed E-state index contributed by atoms with van der Waals surface area (Å²) in [5.41, 5.74) is 1.29. The van der Waals surface area contributed by atoms with Gasteiger partial charge in [0.05, 0.1) is 23.8 Å². The SMILES string of the molecule is CC(CC1(C)OCCO1)[P+](c1ccccc1)(c1ccccc1)c1ccccc1.Cc1ccc(S(=O)(=O)[O-])cc1. The summed E-state index contributed by atoms with van der Waals surface area (Å²) in [6, 6.07) is 38.8. The molecule has 1 saturated heterocycles. The zero-order chi connectivity index (χ0) is 27.9. The molecule has 7 heteroatoms.